The monoisotopic (exact) mass is 482 g/mol. The summed E-state index contributed by atoms with van der Waals surface area (Å²) < 4.78 is 9.28. The van der Waals surface area contributed by atoms with Crippen LogP contribution in [0.5, 0.6) is 5.88 Å². The lowest BCUT2D eigenvalue weighted by Gasteiger charge is -2.30. The van der Waals surface area contributed by atoms with Crippen LogP contribution in [0.2, 0.25) is 0 Å². The van der Waals surface area contributed by atoms with Gasteiger partial charge in [-0.25, -0.2) is 14.3 Å². The summed E-state index contributed by atoms with van der Waals surface area (Å²) in [4.78, 5) is 26.9. The topological polar surface area (TPSA) is 123 Å². The molecule has 2 aliphatic rings. The molecule has 0 saturated heterocycles. The van der Waals surface area contributed by atoms with E-state index in [1.165, 1.54) is 11.1 Å². The van der Waals surface area contributed by atoms with Crippen molar-refractivity contribution in [2.75, 3.05) is 11.9 Å². The molecule has 6 rings (SSSR count). The van der Waals surface area contributed by atoms with E-state index < -0.39 is 0 Å². The zero-order chi connectivity index (χ0) is 24.6. The van der Waals surface area contributed by atoms with Gasteiger partial charge in [0.15, 0.2) is 11.5 Å². The van der Waals surface area contributed by atoms with Gasteiger partial charge >= 0.3 is 0 Å². The summed E-state index contributed by atoms with van der Waals surface area (Å²) in [6.07, 6.45) is 3.93. The molecule has 10 nitrogen and oxygen atoms in total. The molecule has 0 amide bonds. The van der Waals surface area contributed by atoms with E-state index in [0.29, 0.717) is 48.1 Å². The van der Waals surface area contributed by atoms with Crippen molar-refractivity contribution in [1.29, 1.82) is 5.26 Å². The fourth-order valence-corrected chi connectivity index (χ4v) is 4.82. The summed E-state index contributed by atoms with van der Waals surface area (Å²) in [6.45, 7) is 4.19. The molecule has 0 radical (unpaired) electrons. The van der Waals surface area contributed by atoms with Crippen LogP contribution >= 0.6 is 0 Å². The van der Waals surface area contributed by atoms with Crippen molar-refractivity contribution in [3.8, 4) is 17.8 Å². The van der Waals surface area contributed by atoms with Gasteiger partial charge in [-0.15, -0.1) is 0 Å². The quantitative estimate of drug-likeness (QED) is 0.430. The first kappa shape index (κ1) is 22.2. The third-order valence-electron chi connectivity index (χ3n) is 6.81. The van der Waals surface area contributed by atoms with Gasteiger partial charge in [-0.2, -0.15) is 15.2 Å². The lowest BCUT2D eigenvalue weighted by molar-refractivity contribution is 0.0845. The van der Waals surface area contributed by atoms with Crippen LogP contribution in [0.15, 0.2) is 47.4 Å². The molecule has 36 heavy (non-hydrogen) atoms. The standard InChI is InChI=1S/C26H26N8O2/c1-2-33-25(35)21-15-29-26(30-19-7-6-18-14-28-9-8-17(18)12-19)32-24(21)34(33)22-4-3-5-23(31-22)36-20-10-16(11-20)13-27/h3-7,12,15-16,20,28H,2,8-11,14H2,1H3,(H,29,30,32). The molecule has 3 aromatic heterocycles. The van der Waals surface area contributed by atoms with Crippen LogP contribution in [0.1, 0.15) is 30.9 Å². The second kappa shape index (κ2) is 9.09. The molecular weight excluding hydrogens is 456 g/mol. The number of rotatable bonds is 6. The van der Waals surface area contributed by atoms with Crippen LogP contribution < -0.4 is 20.9 Å². The average molecular weight is 483 g/mol. The van der Waals surface area contributed by atoms with Crippen molar-refractivity contribution in [2.24, 2.45) is 5.92 Å². The van der Waals surface area contributed by atoms with Gasteiger partial charge in [0.2, 0.25) is 11.8 Å². The summed E-state index contributed by atoms with van der Waals surface area (Å²) in [7, 11) is 0. The van der Waals surface area contributed by atoms with Gasteiger partial charge in [0.1, 0.15) is 11.5 Å². The van der Waals surface area contributed by atoms with Crippen LogP contribution in [-0.2, 0) is 19.5 Å². The lowest BCUT2D eigenvalue weighted by atomic mass is 9.83. The molecule has 4 heterocycles. The van der Waals surface area contributed by atoms with Crippen molar-refractivity contribution in [2.45, 2.75) is 45.4 Å². The molecule has 0 bridgehead atoms. The molecule has 182 valence electrons. The third-order valence-corrected chi connectivity index (χ3v) is 6.81. The number of hydrogen-bond acceptors (Lipinski definition) is 8. The highest BCUT2D eigenvalue weighted by molar-refractivity contribution is 5.77. The van der Waals surface area contributed by atoms with E-state index in [-0.39, 0.29) is 17.6 Å². The van der Waals surface area contributed by atoms with E-state index in [4.69, 9.17) is 15.0 Å². The number of anilines is 2. The van der Waals surface area contributed by atoms with Gasteiger partial charge in [-0.05, 0) is 49.2 Å². The Morgan fingerprint density at radius 1 is 1.22 bits per heavy atom. The molecule has 1 fully saturated rings. The zero-order valence-electron chi connectivity index (χ0n) is 19.9. The minimum Gasteiger partial charge on any atom is -0.474 e. The summed E-state index contributed by atoms with van der Waals surface area (Å²) in [5, 5.41) is 16.1. The van der Waals surface area contributed by atoms with Crippen molar-refractivity contribution in [3.05, 3.63) is 64.1 Å². The molecule has 10 heteroatoms. The van der Waals surface area contributed by atoms with Crippen LogP contribution in [0, 0.1) is 17.2 Å². The predicted octanol–water partition coefficient (Wildman–Crippen LogP) is 3.07. The smallest absolute Gasteiger partial charge is 0.278 e. The van der Waals surface area contributed by atoms with E-state index in [1.807, 2.05) is 25.1 Å². The molecule has 4 aromatic rings. The molecule has 0 atom stereocenters. The van der Waals surface area contributed by atoms with Crippen LogP contribution in [-0.4, -0.2) is 37.0 Å². The van der Waals surface area contributed by atoms with Crippen LogP contribution in [0.3, 0.4) is 0 Å². The number of nitrogens with zero attached hydrogens (tertiary/aromatic N) is 6. The number of aromatic nitrogens is 5. The molecule has 0 unspecified atom stereocenters. The first-order chi connectivity index (χ1) is 17.6. The highest BCUT2D eigenvalue weighted by Gasteiger charge is 2.31. The molecular formula is C26H26N8O2. The van der Waals surface area contributed by atoms with Crippen LogP contribution in [0.4, 0.5) is 11.6 Å². The minimum atomic E-state index is -0.177. The Morgan fingerprint density at radius 2 is 2.11 bits per heavy atom. The Bertz CT molecular complexity index is 1540. The number of pyridine rings is 1. The van der Waals surface area contributed by atoms with Crippen molar-refractivity contribution < 1.29 is 4.74 Å². The Morgan fingerprint density at radius 3 is 2.94 bits per heavy atom. The molecule has 1 aromatic carbocycles. The molecule has 0 spiro atoms. The summed E-state index contributed by atoms with van der Waals surface area (Å²) in [5.41, 5.74) is 3.81. The number of benzene rings is 1. The predicted molar refractivity (Wildman–Crippen MR) is 134 cm³/mol. The van der Waals surface area contributed by atoms with Gasteiger partial charge in [-0.3, -0.25) is 4.79 Å². The van der Waals surface area contributed by atoms with Gasteiger partial charge in [0, 0.05) is 43.9 Å². The summed E-state index contributed by atoms with van der Waals surface area (Å²) in [5.74, 6) is 1.44. The number of nitriles is 1. The number of nitrogens with one attached hydrogen (secondary N) is 2. The fraction of sp³-hybridized carbons (Fsp3) is 0.346. The van der Waals surface area contributed by atoms with Gasteiger partial charge < -0.3 is 15.4 Å². The van der Waals surface area contributed by atoms with E-state index in [1.54, 1.807) is 21.6 Å². The van der Waals surface area contributed by atoms with Gasteiger partial charge in [0.25, 0.3) is 5.56 Å². The second-order valence-electron chi connectivity index (χ2n) is 9.17. The SMILES string of the molecule is CCn1c(=O)c2cnc(Nc3ccc4c(c3)CCNC4)nc2n1-c1cccc(OC2CC(C#N)C2)n1. The minimum absolute atomic E-state index is 0.0160. The zero-order valence-corrected chi connectivity index (χ0v) is 19.9. The maximum absolute atomic E-state index is 13.1. The molecule has 2 N–H and O–H groups in total. The van der Waals surface area contributed by atoms with Gasteiger partial charge in [-0.1, -0.05) is 12.1 Å². The molecule has 1 aliphatic carbocycles. The Kier molecular flexibility index (Phi) is 5.62. The molecule has 1 aliphatic heterocycles. The van der Waals surface area contributed by atoms with Crippen molar-refractivity contribution in [3.63, 3.8) is 0 Å². The van der Waals surface area contributed by atoms with Crippen molar-refractivity contribution in [1.82, 2.24) is 29.6 Å². The van der Waals surface area contributed by atoms with Crippen molar-refractivity contribution >= 4 is 22.7 Å². The van der Waals surface area contributed by atoms with E-state index >= 15 is 0 Å². The summed E-state index contributed by atoms with van der Waals surface area (Å²) in [6, 6.07) is 14.0. The van der Waals surface area contributed by atoms with E-state index in [2.05, 4.69) is 38.8 Å². The number of ether oxygens (including phenoxy) is 1. The van der Waals surface area contributed by atoms with Crippen LogP contribution in [0.25, 0.3) is 16.9 Å². The maximum atomic E-state index is 13.1. The number of hydrogen-bond donors (Lipinski definition) is 2. The summed E-state index contributed by atoms with van der Waals surface area (Å²) >= 11 is 0. The largest absolute Gasteiger partial charge is 0.474 e. The fourth-order valence-electron chi connectivity index (χ4n) is 4.82. The Labute approximate surface area is 207 Å². The first-order valence-electron chi connectivity index (χ1n) is 12.2. The maximum Gasteiger partial charge on any atom is 0.278 e. The number of fused-ring (bicyclic) bond motifs is 2. The van der Waals surface area contributed by atoms with E-state index in [0.717, 1.165) is 25.2 Å². The normalized spacial score (nSPS) is 18.8. The second-order valence-corrected chi connectivity index (χ2v) is 9.17. The van der Waals surface area contributed by atoms with Gasteiger partial charge in [0.05, 0.1) is 12.0 Å². The Hall–Kier alpha value is -4.23. The lowest BCUT2D eigenvalue weighted by Crippen LogP contribution is -2.33. The first-order valence-corrected chi connectivity index (χ1v) is 12.2. The highest BCUT2D eigenvalue weighted by Crippen LogP contribution is 2.30. The Balaban J connectivity index is 1.35. The highest BCUT2D eigenvalue weighted by atomic mass is 16.5. The third kappa shape index (κ3) is 3.97. The molecule has 1 saturated carbocycles. The van der Waals surface area contributed by atoms with E-state index in [9.17, 15) is 4.79 Å². The average Bonchev–Trinajstić information content (AvgIpc) is 3.16.